The first-order valence-electron chi connectivity index (χ1n) is 5.04. The predicted molar refractivity (Wildman–Crippen MR) is 60.6 cm³/mol. The molecular formula is C12H10ClF2NO. The third-order valence-electron chi connectivity index (χ3n) is 2.24. The molecule has 0 atom stereocenters. The third-order valence-corrected chi connectivity index (χ3v) is 2.44. The maximum absolute atomic E-state index is 12.9. The fraction of sp³-hybridized carbons (Fsp3) is 0.167. The molecule has 0 saturated heterocycles. The van der Waals surface area contributed by atoms with E-state index in [1.807, 2.05) is 0 Å². The topological polar surface area (TPSA) is 25.2 Å². The Bertz CT molecular complexity index is 513. The summed E-state index contributed by atoms with van der Waals surface area (Å²) in [4.78, 5) is 0. The van der Waals surface area contributed by atoms with E-state index in [9.17, 15) is 8.78 Å². The molecule has 1 N–H and O–H groups in total. The van der Waals surface area contributed by atoms with E-state index in [0.29, 0.717) is 29.6 Å². The van der Waals surface area contributed by atoms with E-state index in [0.717, 1.165) is 12.1 Å². The van der Waals surface area contributed by atoms with E-state index in [1.54, 1.807) is 12.1 Å². The number of nitrogens with one attached hydrogen (secondary N) is 1. The molecule has 1 aromatic heterocycles. The molecule has 90 valence electrons. The highest BCUT2D eigenvalue weighted by Crippen LogP contribution is 2.13. The van der Waals surface area contributed by atoms with Crippen LogP contribution in [0.2, 0.25) is 5.22 Å². The average Bonchev–Trinajstić information content (AvgIpc) is 2.70. The number of furan rings is 1. The van der Waals surface area contributed by atoms with Crippen LogP contribution in [0.3, 0.4) is 0 Å². The molecule has 0 radical (unpaired) electrons. The minimum Gasteiger partial charge on any atom is -0.448 e. The Hall–Kier alpha value is -1.39. The molecule has 0 aliphatic rings. The molecule has 1 heterocycles. The Kier molecular flexibility index (Phi) is 3.76. The molecular weight excluding hydrogens is 248 g/mol. The summed E-state index contributed by atoms with van der Waals surface area (Å²) in [7, 11) is 0. The lowest BCUT2D eigenvalue weighted by molar-refractivity contribution is 0.482. The molecule has 2 nitrogen and oxygen atoms in total. The van der Waals surface area contributed by atoms with Gasteiger partial charge in [0, 0.05) is 6.54 Å². The first kappa shape index (κ1) is 12.1. The van der Waals surface area contributed by atoms with Gasteiger partial charge in [-0.1, -0.05) is 6.07 Å². The normalized spacial score (nSPS) is 10.8. The molecule has 0 aliphatic carbocycles. The summed E-state index contributed by atoms with van der Waals surface area (Å²) < 4.78 is 30.7. The number of hydrogen-bond acceptors (Lipinski definition) is 2. The molecule has 17 heavy (non-hydrogen) atoms. The van der Waals surface area contributed by atoms with Gasteiger partial charge in [-0.15, -0.1) is 0 Å². The van der Waals surface area contributed by atoms with E-state index in [-0.39, 0.29) is 0 Å². The highest BCUT2D eigenvalue weighted by atomic mass is 35.5. The van der Waals surface area contributed by atoms with E-state index in [1.165, 1.54) is 6.07 Å². The second-order valence-corrected chi connectivity index (χ2v) is 3.93. The molecule has 0 fully saturated rings. The summed E-state index contributed by atoms with van der Waals surface area (Å²) in [6.45, 7) is 0.904. The second-order valence-electron chi connectivity index (χ2n) is 3.56. The first-order chi connectivity index (χ1) is 8.15. The van der Waals surface area contributed by atoms with Gasteiger partial charge < -0.3 is 9.73 Å². The first-order valence-corrected chi connectivity index (χ1v) is 5.42. The van der Waals surface area contributed by atoms with Gasteiger partial charge >= 0.3 is 0 Å². The Morgan fingerprint density at radius 3 is 2.53 bits per heavy atom. The van der Waals surface area contributed by atoms with Crippen molar-refractivity contribution in [3.05, 3.63) is 58.5 Å². The van der Waals surface area contributed by atoms with Crippen molar-refractivity contribution in [3.8, 4) is 0 Å². The van der Waals surface area contributed by atoms with Crippen molar-refractivity contribution in [3.63, 3.8) is 0 Å². The van der Waals surface area contributed by atoms with Crippen LogP contribution in [0.1, 0.15) is 11.3 Å². The summed E-state index contributed by atoms with van der Waals surface area (Å²) in [5.41, 5.74) is 0.668. The number of rotatable bonds is 4. The summed E-state index contributed by atoms with van der Waals surface area (Å²) >= 11 is 5.61. The predicted octanol–water partition coefficient (Wildman–Crippen LogP) is 3.50. The molecule has 0 amide bonds. The zero-order valence-electron chi connectivity index (χ0n) is 8.84. The smallest absolute Gasteiger partial charge is 0.193 e. The third kappa shape index (κ3) is 3.28. The van der Waals surface area contributed by atoms with Crippen molar-refractivity contribution in [2.24, 2.45) is 0 Å². The summed E-state index contributed by atoms with van der Waals surface area (Å²) in [5.74, 6) is -0.991. The van der Waals surface area contributed by atoms with Crippen molar-refractivity contribution < 1.29 is 13.2 Å². The van der Waals surface area contributed by atoms with E-state index in [2.05, 4.69) is 5.32 Å². The number of halogens is 3. The average molecular weight is 258 g/mol. The fourth-order valence-electron chi connectivity index (χ4n) is 1.43. The Balaban J connectivity index is 1.87. The Morgan fingerprint density at radius 1 is 1.06 bits per heavy atom. The quantitative estimate of drug-likeness (QED) is 0.907. The van der Waals surface area contributed by atoms with Crippen LogP contribution in [0.25, 0.3) is 0 Å². The molecule has 0 aliphatic heterocycles. The van der Waals surface area contributed by atoms with Gasteiger partial charge in [-0.2, -0.15) is 0 Å². The molecule has 2 rings (SSSR count). The lowest BCUT2D eigenvalue weighted by Gasteiger charge is -2.03. The number of hydrogen-bond donors (Lipinski definition) is 1. The molecule has 0 saturated carbocycles. The van der Waals surface area contributed by atoms with Crippen molar-refractivity contribution >= 4 is 11.6 Å². The fourth-order valence-corrected chi connectivity index (χ4v) is 1.59. The summed E-state index contributed by atoms with van der Waals surface area (Å²) in [6.07, 6.45) is 0. The van der Waals surface area contributed by atoms with Crippen LogP contribution in [0.15, 0.2) is 34.7 Å². The van der Waals surface area contributed by atoms with Gasteiger partial charge in [0.2, 0.25) is 0 Å². The van der Waals surface area contributed by atoms with Gasteiger partial charge in [-0.05, 0) is 41.4 Å². The number of benzene rings is 1. The monoisotopic (exact) mass is 257 g/mol. The van der Waals surface area contributed by atoms with Gasteiger partial charge in [0.05, 0.1) is 6.54 Å². The van der Waals surface area contributed by atoms with Crippen molar-refractivity contribution in [1.82, 2.24) is 5.32 Å². The SMILES string of the molecule is Fc1ccc(CNCc2ccc(Cl)o2)cc1F. The van der Waals surface area contributed by atoms with Crippen LogP contribution in [0.4, 0.5) is 8.78 Å². The van der Waals surface area contributed by atoms with Gasteiger partial charge in [0.25, 0.3) is 0 Å². The van der Waals surface area contributed by atoms with Gasteiger partial charge in [0.1, 0.15) is 5.76 Å². The lowest BCUT2D eigenvalue weighted by Crippen LogP contribution is -2.12. The summed E-state index contributed by atoms with van der Waals surface area (Å²) in [6, 6.07) is 7.20. The molecule has 2 aromatic rings. The lowest BCUT2D eigenvalue weighted by atomic mass is 10.2. The second kappa shape index (κ2) is 5.29. The minimum absolute atomic E-state index is 0.328. The molecule has 0 spiro atoms. The minimum atomic E-state index is -0.842. The van der Waals surface area contributed by atoms with Crippen LogP contribution < -0.4 is 5.32 Å². The largest absolute Gasteiger partial charge is 0.448 e. The van der Waals surface area contributed by atoms with Gasteiger partial charge in [-0.3, -0.25) is 0 Å². The van der Waals surface area contributed by atoms with E-state index < -0.39 is 11.6 Å². The van der Waals surface area contributed by atoms with Crippen LogP contribution >= 0.6 is 11.6 Å². The zero-order valence-corrected chi connectivity index (χ0v) is 9.60. The van der Waals surface area contributed by atoms with Crippen molar-refractivity contribution in [2.45, 2.75) is 13.1 Å². The van der Waals surface area contributed by atoms with E-state index >= 15 is 0 Å². The zero-order chi connectivity index (χ0) is 12.3. The molecule has 1 aromatic carbocycles. The maximum Gasteiger partial charge on any atom is 0.193 e. The molecule has 5 heteroatoms. The molecule has 0 bridgehead atoms. The van der Waals surface area contributed by atoms with Crippen LogP contribution in [0.5, 0.6) is 0 Å². The van der Waals surface area contributed by atoms with Crippen LogP contribution in [-0.2, 0) is 13.1 Å². The Morgan fingerprint density at radius 2 is 1.88 bits per heavy atom. The van der Waals surface area contributed by atoms with Crippen molar-refractivity contribution in [1.29, 1.82) is 0 Å². The maximum atomic E-state index is 12.9. The van der Waals surface area contributed by atoms with Crippen molar-refractivity contribution in [2.75, 3.05) is 0 Å². The van der Waals surface area contributed by atoms with Gasteiger partial charge in [0.15, 0.2) is 16.9 Å². The van der Waals surface area contributed by atoms with Crippen LogP contribution in [0, 0.1) is 11.6 Å². The highest BCUT2D eigenvalue weighted by molar-refractivity contribution is 6.28. The summed E-state index contributed by atoms with van der Waals surface area (Å²) in [5, 5.41) is 3.36. The van der Waals surface area contributed by atoms with E-state index in [4.69, 9.17) is 16.0 Å². The van der Waals surface area contributed by atoms with Crippen LogP contribution in [-0.4, -0.2) is 0 Å². The highest BCUT2D eigenvalue weighted by Gasteiger charge is 2.03. The standard InChI is InChI=1S/C12H10ClF2NO/c13-12-4-2-9(17-12)7-16-6-8-1-3-10(14)11(15)5-8/h1-5,16H,6-7H2. The Labute approximate surface area is 102 Å². The molecule has 0 unspecified atom stereocenters. The van der Waals surface area contributed by atoms with Gasteiger partial charge in [-0.25, -0.2) is 8.78 Å².